The first kappa shape index (κ1) is 14.9. The van der Waals surface area contributed by atoms with Crippen LogP contribution in [0.25, 0.3) is 33.2 Å². The van der Waals surface area contributed by atoms with Crippen LogP contribution in [0.4, 0.5) is 17.1 Å². The summed E-state index contributed by atoms with van der Waals surface area (Å²) in [5.74, 6) is 0. The summed E-state index contributed by atoms with van der Waals surface area (Å²) < 4.78 is 316. The molecule has 60 heavy (non-hydrogen) atoms. The second kappa shape index (κ2) is 13.4. The number of furan rings is 1. The Morgan fingerprint density at radius 2 is 0.817 bits per heavy atom. The number of anilines is 3. The molecule has 0 amide bonds. The van der Waals surface area contributed by atoms with Crippen LogP contribution in [-0.2, 0) is 10.8 Å². The maximum absolute atomic E-state index is 10.9. The van der Waals surface area contributed by atoms with Gasteiger partial charge in [-0.2, -0.15) is 0 Å². The zero-order valence-electron chi connectivity index (χ0n) is 63.3. The number of hydrogen-bond donors (Lipinski definition) is 0. The first-order valence-corrected chi connectivity index (χ1v) is 18.0. The molecule has 2 aliphatic rings. The van der Waals surface area contributed by atoms with Crippen molar-refractivity contribution in [2.75, 3.05) is 4.90 Å². The van der Waals surface area contributed by atoms with E-state index in [4.69, 9.17) is 26.3 Å². The van der Waals surface area contributed by atoms with Crippen LogP contribution in [0.3, 0.4) is 0 Å². The van der Waals surface area contributed by atoms with E-state index in [1.54, 1.807) is 0 Å². The zero-order chi connectivity index (χ0) is 68.4. The minimum Gasteiger partial charge on any atom is -0.464 e. The third kappa shape index (κ3) is 4.82. The van der Waals surface area contributed by atoms with Gasteiger partial charge in [-0.05, 0) is 109 Å². The molecule has 0 radical (unpaired) electrons. The SMILES string of the molecule is [2H]c1c(N(c2ccc3ccoc3c2)c2c([2H])c([2H])c3c(c2[2H])C(c2c([2H])c([2H])c([2H])c([2H])c2[2H])(c2c([2H])c([2H])c([2H])c([2H])c2[2H])c2c([2H])c([2H])c([2H])c([2H])c2-3)cc2c(c1[2H])-c1c([2H])c([2H])c([2H])c([2H])c1C2(c1c([2H])c([2H])c([2H])c([2H])c1[2H])c1c([2H])c([2H])c([2H])c([2H])c1[2H]. The van der Waals surface area contributed by atoms with Crippen molar-refractivity contribution in [2.24, 2.45) is 0 Å². The van der Waals surface area contributed by atoms with E-state index < -0.39 is 288 Å². The van der Waals surface area contributed by atoms with E-state index in [1.807, 2.05) is 0 Å². The monoisotopic (exact) mass is 799 g/mol. The Kier molecular flexibility index (Phi) is 3.33. The largest absolute Gasteiger partial charge is 0.464 e. The topological polar surface area (TPSA) is 16.4 Å². The van der Waals surface area contributed by atoms with Gasteiger partial charge in [-0.1, -0.05) is 181 Å². The van der Waals surface area contributed by atoms with Gasteiger partial charge in [0.1, 0.15) is 5.58 Å². The fraction of sp³-hybridized carbons (Fsp3) is 0.0345. The lowest BCUT2D eigenvalue weighted by molar-refractivity contribution is 0.616. The predicted octanol–water partition coefficient (Wildman–Crippen LogP) is 14.6. The summed E-state index contributed by atoms with van der Waals surface area (Å²) in [6.07, 6.45) is 1.24. The van der Waals surface area contributed by atoms with Gasteiger partial charge in [0.15, 0.2) is 0 Å². The van der Waals surface area contributed by atoms with E-state index in [9.17, 15) is 23.3 Å². The third-order valence-electron chi connectivity index (χ3n) is 10.7. The molecule has 0 N–H and O–H groups in total. The Morgan fingerprint density at radius 1 is 0.367 bits per heavy atom. The number of hydrogen-bond acceptors (Lipinski definition) is 2. The Morgan fingerprint density at radius 3 is 1.37 bits per heavy atom. The summed E-state index contributed by atoms with van der Waals surface area (Å²) in [6, 6.07) is -30.8. The second-order valence-corrected chi connectivity index (χ2v) is 13.5. The summed E-state index contributed by atoms with van der Waals surface area (Å²) in [5, 5.41) is 0.354. The molecule has 2 heteroatoms. The summed E-state index contributed by atoms with van der Waals surface area (Å²) in [5.41, 5.74) is -19.6. The van der Waals surface area contributed by atoms with Crippen LogP contribution in [0.2, 0.25) is 0 Å². The summed E-state index contributed by atoms with van der Waals surface area (Å²) in [4.78, 5) is 0.811. The molecule has 0 saturated heterocycles. The lowest BCUT2D eigenvalue weighted by atomic mass is 9.67. The van der Waals surface area contributed by atoms with Crippen molar-refractivity contribution in [2.45, 2.75) is 10.8 Å². The molecular formula is C58H39NO. The highest BCUT2D eigenvalue weighted by atomic mass is 16.3. The van der Waals surface area contributed by atoms with Gasteiger partial charge in [0.05, 0.1) is 62.3 Å². The number of fused-ring (bicyclic) bond motifs is 7. The van der Waals surface area contributed by atoms with Crippen LogP contribution in [0.1, 0.15) is 89.7 Å². The van der Waals surface area contributed by atoms with E-state index in [1.165, 1.54) is 30.5 Å². The normalized spacial score (nSPS) is 21.6. The molecule has 0 spiro atoms. The lowest BCUT2D eigenvalue weighted by Crippen LogP contribution is -2.29. The lowest BCUT2D eigenvalue weighted by Gasteiger charge is -2.36. The van der Waals surface area contributed by atoms with Crippen molar-refractivity contribution in [3.05, 3.63) is 281 Å². The van der Waals surface area contributed by atoms with E-state index >= 15 is 0 Å². The highest BCUT2D eigenvalue weighted by Gasteiger charge is 2.48. The standard InChI is InChI=1S/C58H39NO/c1-5-17-41(18-6-1)57(42-19-7-2-8-20-42)52-27-15-13-25-48(52)50-33-31-45(37-54(50)57)59(47-30-29-40-35-36-60-56(40)39-47)46-32-34-51-49-26-14-16-28-53(49)58(55(51)38-46,43-21-9-3-10-22-43)44-23-11-4-12-24-44/h1-39H/i1D,2D,3D,4D,5D,6D,7D,8D,9D,10D,11D,12D,13D,14D,15D,16D,17D,18D,19D,20D,21D,22D,23D,24D,25D,26D,27D,28D,31D,32D,33D,34D,37D. The van der Waals surface area contributed by atoms with Gasteiger partial charge < -0.3 is 9.32 Å². The maximum Gasteiger partial charge on any atom is 0.135 e. The third-order valence-corrected chi connectivity index (χ3v) is 10.7. The molecule has 2 nitrogen and oxygen atoms in total. The Hall–Kier alpha value is -7.68. The molecule has 2 aliphatic carbocycles. The van der Waals surface area contributed by atoms with Crippen molar-refractivity contribution in [1.82, 2.24) is 0 Å². The maximum atomic E-state index is 10.9. The summed E-state index contributed by atoms with van der Waals surface area (Å²) in [6.45, 7) is 0. The smallest absolute Gasteiger partial charge is 0.135 e. The minimum absolute atomic E-state index is 0.0195. The van der Waals surface area contributed by atoms with Crippen LogP contribution in [0, 0.1) is 0 Å². The quantitative estimate of drug-likeness (QED) is 0.160. The molecule has 0 atom stereocenters. The van der Waals surface area contributed by atoms with Crippen LogP contribution >= 0.6 is 0 Å². The van der Waals surface area contributed by atoms with Crippen LogP contribution in [0.15, 0.2) is 240 Å². The summed E-state index contributed by atoms with van der Waals surface area (Å²) >= 11 is 0. The molecule has 0 bridgehead atoms. The van der Waals surface area contributed by atoms with Gasteiger partial charge >= 0.3 is 0 Å². The molecular weight excluding hydrogens is 727 g/mol. The number of benzene rings is 9. The number of nitrogens with zero attached hydrogens (tertiary/aromatic N) is 1. The van der Waals surface area contributed by atoms with Gasteiger partial charge in [0.2, 0.25) is 0 Å². The van der Waals surface area contributed by atoms with E-state index in [0.717, 1.165) is 11.0 Å². The first-order valence-electron chi connectivity index (χ1n) is 34.5. The Bertz CT molecular complexity index is 4910. The predicted molar refractivity (Wildman–Crippen MR) is 246 cm³/mol. The van der Waals surface area contributed by atoms with Crippen molar-refractivity contribution in [1.29, 1.82) is 0 Å². The van der Waals surface area contributed by atoms with E-state index in [0.29, 0.717) is 5.39 Å². The Labute approximate surface area is 396 Å². The second-order valence-electron chi connectivity index (χ2n) is 13.5. The van der Waals surface area contributed by atoms with E-state index in [-0.39, 0.29) is 11.3 Å². The Balaban J connectivity index is 1.38. The molecule has 0 aliphatic heterocycles. The molecule has 1 heterocycles. The molecule has 9 aromatic carbocycles. The summed E-state index contributed by atoms with van der Waals surface area (Å²) in [7, 11) is 0. The van der Waals surface area contributed by atoms with E-state index in [2.05, 4.69) is 0 Å². The molecule has 0 unspecified atom stereocenters. The molecule has 12 rings (SSSR count). The van der Waals surface area contributed by atoms with Crippen LogP contribution < -0.4 is 4.90 Å². The highest BCUT2D eigenvalue weighted by molar-refractivity contribution is 5.93. The van der Waals surface area contributed by atoms with Crippen LogP contribution in [-0.4, -0.2) is 0 Å². The fourth-order valence-corrected chi connectivity index (χ4v) is 8.34. The van der Waals surface area contributed by atoms with Gasteiger partial charge in [-0.25, -0.2) is 0 Å². The number of rotatable bonds is 7. The molecule has 282 valence electrons. The zero-order valence-corrected chi connectivity index (χ0v) is 30.3. The molecule has 10 aromatic rings. The molecule has 1 aromatic heterocycles. The molecule has 0 fully saturated rings. The minimum atomic E-state index is -3.37. The van der Waals surface area contributed by atoms with Gasteiger partial charge in [0.25, 0.3) is 0 Å². The fourth-order valence-electron chi connectivity index (χ4n) is 8.34. The van der Waals surface area contributed by atoms with Gasteiger partial charge in [-0.3, -0.25) is 0 Å². The average molecular weight is 799 g/mol. The highest BCUT2D eigenvalue weighted by Crippen LogP contribution is 2.59. The first-order chi connectivity index (χ1) is 43.5. The van der Waals surface area contributed by atoms with Gasteiger partial charge in [-0.15, -0.1) is 0 Å². The average Bonchev–Trinajstić information content (AvgIpc) is 1.53. The van der Waals surface area contributed by atoms with Crippen LogP contribution in [0.5, 0.6) is 0 Å². The van der Waals surface area contributed by atoms with Crippen molar-refractivity contribution in [3.8, 4) is 22.3 Å². The molecule has 0 saturated carbocycles. The van der Waals surface area contributed by atoms with Crippen molar-refractivity contribution in [3.63, 3.8) is 0 Å². The van der Waals surface area contributed by atoms with Crippen molar-refractivity contribution >= 4 is 28.0 Å². The van der Waals surface area contributed by atoms with Crippen molar-refractivity contribution < 1.29 is 49.7 Å². The van der Waals surface area contributed by atoms with Gasteiger partial charge in [0, 0.05) is 28.5 Å².